The van der Waals surface area contributed by atoms with Gasteiger partial charge in [0, 0.05) is 36.7 Å². The number of ether oxygens (including phenoxy) is 2. The fourth-order valence-electron chi connectivity index (χ4n) is 3.44. The van der Waals surface area contributed by atoms with E-state index < -0.39 is 17.0 Å². The number of benzene rings is 2. The third-order valence-electron chi connectivity index (χ3n) is 5.64. The van der Waals surface area contributed by atoms with Crippen LogP contribution in [0.4, 0.5) is 8.78 Å². The van der Waals surface area contributed by atoms with Gasteiger partial charge in [-0.3, -0.25) is 9.59 Å². The number of hydrogen-bond acceptors (Lipinski definition) is 4. The molecule has 8 heteroatoms. The van der Waals surface area contributed by atoms with Gasteiger partial charge in [0.25, 0.3) is 5.91 Å². The van der Waals surface area contributed by atoms with Gasteiger partial charge in [-0.25, -0.2) is 8.78 Å². The van der Waals surface area contributed by atoms with E-state index in [9.17, 15) is 18.4 Å². The van der Waals surface area contributed by atoms with Crippen LogP contribution in [0.1, 0.15) is 25.3 Å². The van der Waals surface area contributed by atoms with Crippen LogP contribution in [0.2, 0.25) is 0 Å². The molecule has 1 fully saturated rings. The number of amides is 2. The number of halogens is 2. The molecule has 2 aromatic carbocycles. The molecule has 0 unspecified atom stereocenters. The van der Waals surface area contributed by atoms with Crippen molar-refractivity contribution in [1.82, 2.24) is 10.2 Å². The Morgan fingerprint density at radius 3 is 2.32 bits per heavy atom. The minimum Gasteiger partial charge on any atom is -0.497 e. The molecule has 0 aromatic heterocycles. The number of nitrogens with zero attached hydrogens (tertiary/aromatic N) is 1. The number of rotatable bonds is 7. The number of nitrogens with one attached hydrogen (secondary N) is 1. The van der Waals surface area contributed by atoms with Gasteiger partial charge in [-0.05, 0) is 43.2 Å². The Morgan fingerprint density at radius 1 is 1.06 bits per heavy atom. The van der Waals surface area contributed by atoms with Crippen LogP contribution in [0.3, 0.4) is 0 Å². The van der Waals surface area contributed by atoms with E-state index in [0.717, 1.165) is 12.1 Å². The van der Waals surface area contributed by atoms with Crippen molar-refractivity contribution in [2.75, 3.05) is 26.8 Å². The van der Waals surface area contributed by atoms with Crippen molar-refractivity contribution in [2.45, 2.75) is 26.3 Å². The molecule has 1 saturated heterocycles. The highest BCUT2D eigenvalue weighted by Gasteiger charge is 2.38. The SMILES string of the molecule is COc1ccc(OCC(=O)N2CCC(C)(C(=O)NCc3ccc(F)cc3F)CC2)cc1. The van der Waals surface area contributed by atoms with E-state index in [1.807, 2.05) is 6.92 Å². The zero-order chi connectivity index (χ0) is 22.4. The average molecular weight is 432 g/mol. The number of piperidine rings is 1. The first-order valence-corrected chi connectivity index (χ1v) is 10.1. The molecule has 0 saturated carbocycles. The number of carbonyl (C=O) groups is 2. The molecule has 0 atom stereocenters. The van der Waals surface area contributed by atoms with E-state index in [1.54, 1.807) is 36.3 Å². The summed E-state index contributed by atoms with van der Waals surface area (Å²) in [7, 11) is 1.57. The Labute approximate surface area is 180 Å². The van der Waals surface area contributed by atoms with Crippen LogP contribution in [0, 0.1) is 17.0 Å². The predicted octanol–water partition coefficient (Wildman–Crippen LogP) is 3.30. The molecule has 0 radical (unpaired) electrons. The number of carbonyl (C=O) groups excluding carboxylic acids is 2. The van der Waals surface area contributed by atoms with Crippen LogP contribution in [0.5, 0.6) is 11.5 Å². The minimum atomic E-state index is -0.692. The maximum Gasteiger partial charge on any atom is 0.260 e. The summed E-state index contributed by atoms with van der Waals surface area (Å²) in [5.41, 5.74) is -0.439. The van der Waals surface area contributed by atoms with E-state index in [0.29, 0.717) is 37.4 Å². The molecule has 3 rings (SSSR count). The van der Waals surface area contributed by atoms with Crippen LogP contribution in [-0.2, 0) is 16.1 Å². The third kappa shape index (κ3) is 5.71. The first-order chi connectivity index (χ1) is 14.8. The number of likely N-dealkylation sites (tertiary alicyclic amines) is 1. The molecular formula is C23H26F2N2O4. The molecule has 0 bridgehead atoms. The van der Waals surface area contributed by atoms with Gasteiger partial charge in [0.1, 0.15) is 23.1 Å². The first kappa shape index (κ1) is 22.5. The van der Waals surface area contributed by atoms with Crippen molar-refractivity contribution < 1.29 is 27.8 Å². The van der Waals surface area contributed by atoms with E-state index >= 15 is 0 Å². The molecule has 1 heterocycles. The smallest absolute Gasteiger partial charge is 0.260 e. The van der Waals surface area contributed by atoms with Crippen LogP contribution in [0.25, 0.3) is 0 Å². The standard InChI is InChI=1S/C23H26F2N2O4/c1-23(22(29)26-14-16-3-4-17(24)13-20(16)25)9-11-27(12-10-23)21(28)15-31-19-7-5-18(30-2)6-8-19/h3-8,13H,9-12,14-15H2,1-2H3,(H,26,29). The number of hydrogen-bond donors (Lipinski definition) is 1. The maximum atomic E-state index is 13.8. The van der Waals surface area contributed by atoms with Crippen molar-refractivity contribution in [1.29, 1.82) is 0 Å². The number of methoxy groups -OCH3 is 1. The molecule has 0 aliphatic carbocycles. The quantitative estimate of drug-likeness (QED) is 0.729. The van der Waals surface area contributed by atoms with Crippen LogP contribution in [0.15, 0.2) is 42.5 Å². The molecule has 2 amide bonds. The Bertz CT molecular complexity index is 926. The highest BCUT2D eigenvalue weighted by Crippen LogP contribution is 2.31. The van der Waals surface area contributed by atoms with Crippen molar-refractivity contribution in [3.8, 4) is 11.5 Å². The van der Waals surface area contributed by atoms with Gasteiger partial charge >= 0.3 is 0 Å². The lowest BCUT2D eigenvalue weighted by Crippen LogP contribution is -2.49. The van der Waals surface area contributed by atoms with Gasteiger partial charge in [0.15, 0.2) is 6.61 Å². The molecular weight excluding hydrogens is 406 g/mol. The van der Waals surface area contributed by atoms with Crippen molar-refractivity contribution in [2.24, 2.45) is 5.41 Å². The fraction of sp³-hybridized carbons (Fsp3) is 0.391. The van der Waals surface area contributed by atoms with E-state index in [1.165, 1.54) is 6.07 Å². The summed E-state index contributed by atoms with van der Waals surface area (Å²) < 4.78 is 37.4. The Balaban J connectivity index is 1.46. The van der Waals surface area contributed by atoms with Gasteiger partial charge in [-0.1, -0.05) is 13.0 Å². The van der Waals surface area contributed by atoms with Crippen molar-refractivity contribution >= 4 is 11.8 Å². The van der Waals surface area contributed by atoms with Gasteiger partial charge in [0.2, 0.25) is 5.91 Å². The Hall–Kier alpha value is -3.16. The molecule has 166 valence electrons. The Kier molecular flexibility index (Phi) is 7.09. The maximum absolute atomic E-state index is 13.8. The normalized spacial score (nSPS) is 15.3. The molecule has 1 aliphatic heterocycles. The van der Waals surface area contributed by atoms with Crippen LogP contribution >= 0.6 is 0 Å². The van der Waals surface area contributed by atoms with Gasteiger partial charge in [0.05, 0.1) is 7.11 Å². The predicted molar refractivity (Wildman–Crippen MR) is 111 cm³/mol. The van der Waals surface area contributed by atoms with E-state index in [-0.39, 0.29) is 30.5 Å². The fourth-order valence-corrected chi connectivity index (χ4v) is 3.44. The monoisotopic (exact) mass is 432 g/mol. The van der Waals surface area contributed by atoms with Gasteiger partial charge in [-0.15, -0.1) is 0 Å². The molecule has 2 aromatic rings. The zero-order valence-electron chi connectivity index (χ0n) is 17.6. The summed E-state index contributed by atoms with van der Waals surface area (Å²) in [4.78, 5) is 26.8. The summed E-state index contributed by atoms with van der Waals surface area (Å²) in [5.74, 6) is -0.433. The highest BCUT2D eigenvalue weighted by atomic mass is 19.1. The lowest BCUT2D eigenvalue weighted by molar-refractivity contribution is -0.141. The van der Waals surface area contributed by atoms with Gasteiger partial charge < -0.3 is 19.7 Å². The summed E-state index contributed by atoms with van der Waals surface area (Å²) >= 11 is 0. The lowest BCUT2D eigenvalue weighted by Gasteiger charge is -2.38. The van der Waals surface area contributed by atoms with E-state index in [4.69, 9.17) is 9.47 Å². The summed E-state index contributed by atoms with van der Waals surface area (Å²) in [6.07, 6.45) is 0.970. The molecule has 31 heavy (non-hydrogen) atoms. The molecule has 1 aliphatic rings. The summed E-state index contributed by atoms with van der Waals surface area (Å²) in [5, 5.41) is 2.73. The molecule has 1 N–H and O–H groups in total. The zero-order valence-corrected chi connectivity index (χ0v) is 17.6. The minimum absolute atomic E-state index is 0.0150. The van der Waals surface area contributed by atoms with Crippen LogP contribution < -0.4 is 14.8 Å². The van der Waals surface area contributed by atoms with Crippen LogP contribution in [-0.4, -0.2) is 43.5 Å². The topological polar surface area (TPSA) is 67.9 Å². The molecule has 6 nitrogen and oxygen atoms in total. The largest absolute Gasteiger partial charge is 0.497 e. The van der Waals surface area contributed by atoms with Crippen molar-refractivity contribution in [3.63, 3.8) is 0 Å². The average Bonchev–Trinajstić information content (AvgIpc) is 2.77. The van der Waals surface area contributed by atoms with E-state index in [2.05, 4.69) is 5.32 Å². The third-order valence-corrected chi connectivity index (χ3v) is 5.64. The van der Waals surface area contributed by atoms with Crippen molar-refractivity contribution in [3.05, 3.63) is 59.7 Å². The second kappa shape index (κ2) is 9.76. The van der Waals surface area contributed by atoms with Gasteiger partial charge in [-0.2, -0.15) is 0 Å². The highest BCUT2D eigenvalue weighted by molar-refractivity contribution is 5.83. The Morgan fingerprint density at radius 2 is 1.71 bits per heavy atom. The first-order valence-electron chi connectivity index (χ1n) is 10.1. The second-order valence-electron chi connectivity index (χ2n) is 7.82. The molecule has 0 spiro atoms. The second-order valence-corrected chi connectivity index (χ2v) is 7.82. The summed E-state index contributed by atoms with van der Waals surface area (Å²) in [6.45, 7) is 2.59. The summed E-state index contributed by atoms with van der Waals surface area (Å²) in [6, 6.07) is 10.2. The lowest BCUT2D eigenvalue weighted by atomic mass is 9.79.